The SMILES string of the molecule is CN(C)CC1(C2CCC2)CCCN1. The summed E-state index contributed by atoms with van der Waals surface area (Å²) in [5, 5.41) is 3.76. The van der Waals surface area contributed by atoms with E-state index in [0.717, 1.165) is 5.92 Å². The van der Waals surface area contributed by atoms with E-state index >= 15 is 0 Å². The Morgan fingerprint density at radius 3 is 2.46 bits per heavy atom. The lowest BCUT2D eigenvalue weighted by Crippen LogP contribution is -2.55. The summed E-state index contributed by atoms with van der Waals surface area (Å²) in [6, 6.07) is 0. The Kier molecular flexibility index (Phi) is 2.61. The van der Waals surface area contributed by atoms with Crippen LogP contribution >= 0.6 is 0 Å². The average molecular weight is 182 g/mol. The largest absolute Gasteiger partial charge is 0.310 e. The minimum absolute atomic E-state index is 0.488. The van der Waals surface area contributed by atoms with Crippen molar-refractivity contribution in [2.24, 2.45) is 5.92 Å². The van der Waals surface area contributed by atoms with Gasteiger partial charge in [-0.3, -0.25) is 0 Å². The zero-order valence-corrected chi connectivity index (χ0v) is 8.97. The third-order valence-corrected chi connectivity index (χ3v) is 3.76. The zero-order valence-electron chi connectivity index (χ0n) is 8.97. The maximum absolute atomic E-state index is 3.76. The topological polar surface area (TPSA) is 15.3 Å². The molecule has 2 heteroatoms. The maximum Gasteiger partial charge on any atom is 0.0337 e. The molecule has 1 heterocycles. The fraction of sp³-hybridized carbons (Fsp3) is 1.00. The van der Waals surface area contributed by atoms with E-state index in [1.165, 1.54) is 45.2 Å². The number of nitrogens with zero attached hydrogens (tertiary/aromatic N) is 1. The minimum Gasteiger partial charge on any atom is -0.310 e. The third-order valence-electron chi connectivity index (χ3n) is 3.76. The first-order valence-electron chi connectivity index (χ1n) is 5.63. The predicted octanol–water partition coefficient (Wildman–Crippen LogP) is 1.47. The molecule has 0 radical (unpaired) electrons. The smallest absolute Gasteiger partial charge is 0.0337 e. The van der Waals surface area contributed by atoms with E-state index in [0.29, 0.717) is 5.54 Å². The summed E-state index contributed by atoms with van der Waals surface area (Å²) in [6.07, 6.45) is 7.16. The highest BCUT2D eigenvalue weighted by molar-refractivity contribution is 5.02. The highest BCUT2D eigenvalue weighted by Gasteiger charge is 2.43. The summed E-state index contributed by atoms with van der Waals surface area (Å²) in [6.45, 7) is 2.47. The number of likely N-dealkylation sites (N-methyl/N-ethyl adjacent to an activating group) is 1. The first-order chi connectivity index (χ1) is 6.23. The van der Waals surface area contributed by atoms with E-state index in [9.17, 15) is 0 Å². The van der Waals surface area contributed by atoms with Crippen molar-refractivity contribution < 1.29 is 0 Å². The molecule has 0 aromatic rings. The van der Waals surface area contributed by atoms with Gasteiger partial charge in [-0.2, -0.15) is 0 Å². The van der Waals surface area contributed by atoms with E-state index in [2.05, 4.69) is 24.3 Å². The van der Waals surface area contributed by atoms with Crippen molar-refractivity contribution >= 4 is 0 Å². The lowest BCUT2D eigenvalue weighted by Gasteiger charge is -2.44. The van der Waals surface area contributed by atoms with Crippen molar-refractivity contribution in [3.05, 3.63) is 0 Å². The summed E-state index contributed by atoms with van der Waals surface area (Å²) in [4.78, 5) is 2.34. The van der Waals surface area contributed by atoms with E-state index < -0.39 is 0 Å². The fourth-order valence-corrected chi connectivity index (χ4v) is 2.97. The lowest BCUT2D eigenvalue weighted by atomic mass is 9.70. The summed E-state index contributed by atoms with van der Waals surface area (Å²) in [5.41, 5.74) is 0.488. The molecule has 1 saturated carbocycles. The molecule has 1 atom stereocenters. The van der Waals surface area contributed by atoms with E-state index in [1.54, 1.807) is 0 Å². The van der Waals surface area contributed by atoms with Crippen LogP contribution in [-0.4, -0.2) is 37.6 Å². The average Bonchev–Trinajstić information content (AvgIpc) is 2.31. The minimum atomic E-state index is 0.488. The number of hydrogen-bond donors (Lipinski definition) is 1. The first kappa shape index (κ1) is 9.47. The molecule has 2 rings (SSSR count). The van der Waals surface area contributed by atoms with Gasteiger partial charge in [-0.15, -0.1) is 0 Å². The van der Waals surface area contributed by atoms with Crippen LogP contribution in [0.4, 0.5) is 0 Å². The van der Waals surface area contributed by atoms with Crippen LogP contribution in [0, 0.1) is 5.92 Å². The summed E-state index contributed by atoms with van der Waals surface area (Å²) < 4.78 is 0. The van der Waals surface area contributed by atoms with Gasteiger partial charge in [-0.1, -0.05) is 6.42 Å². The molecule has 0 bridgehead atoms. The molecule has 2 fully saturated rings. The number of nitrogens with one attached hydrogen (secondary N) is 1. The molecule has 1 N–H and O–H groups in total. The molecule has 13 heavy (non-hydrogen) atoms. The molecule has 2 nitrogen and oxygen atoms in total. The molecule has 1 aliphatic heterocycles. The second-order valence-electron chi connectivity index (χ2n) is 5.05. The van der Waals surface area contributed by atoms with Crippen LogP contribution in [0.15, 0.2) is 0 Å². The van der Waals surface area contributed by atoms with Gasteiger partial charge in [-0.25, -0.2) is 0 Å². The van der Waals surface area contributed by atoms with Gasteiger partial charge in [0.25, 0.3) is 0 Å². The van der Waals surface area contributed by atoms with Gasteiger partial charge in [0.1, 0.15) is 0 Å². The van der Waals surface area contributed by atoms with Crippen LogP contribution in [0.25, 0.3) is 0 Å². The predicted molar refractivity (Wildman–Crippen MR) is 55.9 cm³/mol. The van der Waals surface area contributed by atoms with Crippen LogP contribution in [0.1, 0.15) is 32.1 Å². The highest BCUT2D eigenvalue weighted by atomic mass is 15.1. The Hall–Kier alpha value is -0.0800. The van der Waals surface area contributed by atoms with Crippen molar-refractivity contribution in [1.29, 1.82) is 0 Å². The van der Waals surface area contributed by atoms with Crippen LogP contribution in [0.5, 0.6) is 0 Å². The standard InChI is InChI=1S/C11H22N2/c1-13(2)9-11(7-4-8-12-11)10-5-3-6-10/h10,12H,3-9H2,1-2H3. The molecular weight excluding hydrogens is 160 g/mol. The Morgan fingerprint density at radius 2 is 2.08 bits per heavy atom. The molecule has 0 spiro atoms. The monoisotopic (exact) mass is 182 g/mol. The Balaban J connectivity index is 2.00. The second-order valence-corrected chi connectivity index (χ2v) is 5.05. The van der Waals surface area contributed by atoms with E-state index in [4.69, 9.17) is 0 Å². The Bertz CT molecular complexity index is 167. The zero-order chi connectivity index (χ0) is 9.31. The molecule has 0 aromatic carbocycles. The number of rotatable bonds is 3. The number of hydrogen-bond acceptors (Lipinski definition) is 2. The van der Waals surface area contributed by atoms with Gasteiger partial charge in [0.05, 0.1) is 0 Å². The van der Waals surface area contributed by atoms with Crippen molar-refractivity contribution in [3.63, 3.8) is 0 Å². The van der Waals surface area contributed by atoms with Crippen molar-refractivity contribution in [2.75, 3.05) is 27.2 Å². The molecule has 0 amide bonds. The molecule has 1 saturated heterocycles. The van der Waals surface area contributed by atoms with Crippen molar-refractivity contribution in [2.45, 2.75) is 37.6 Å². The van der Waals surface area contributed by atoms with Gasteiger partial charge in [0.2, 0.25) is 0 Å². The fourth-order valence-electron chi connectivity index (χ4n) is 2.97. The van der Waals surface area contributed by atoms with Gasteiger partial charge in [0, 0.05) is 12.1 Å². The van der Waals surface area contributed by atoms with E-state index in [-0.39, 0.29) is 0 Å². The Labute approximate surface area is 81.7 Å². The molecule has 1 aliphatic carbocycles. The molecule has 1 unspecified atom stereocenters. The van der Waals surface area contributed by atoms with Gasteiger partial charge in [0.15, 0.2) is 0 Å². The quantitative estimate of drug-likeness (QED) is 0.711. The lowest BCUT2D eigenvalue weighted by molar-refractivity contribution is 0.112. The second kappa shape index (κ2) is 3.58. The van der Waals surface area contributed by atoms with Crippen molar-refractivity contribution in [1.82, 2.24) is 10.2 Å². The summed E-state index contributed by atoms with van der Waals surface area (Å²) in [5.74, 6) is 0.970. The molecule has 2 aliphatic rings. The van der Waals surface area contributed by atoms with Crippen LogP contribution in [0.3, 0.4) is 0 Å². The maximum atomic E-state index is 3.76. The third kappa shape index (κ3) is 1.75. The highest BCUT2D eigenvalue weighted by Crippen LogP contribution is 2.41. The normalized spacial score (nSPS) is 35.3. The molecule has 76 valence electrons. The van der Waals surface area contributed by atoms with Gasteiger partial charge < -0.3 is 10.2 Å². The van der Waals surface area contributed by atoms with Crippen LogP contribution in [-0.2, 0) is 0 Å². The van der Waals surface area contributed by atoms with Crippen LogP contribution in [0.2, 0.25) is 0 Å². The van der Waals surface area contributed by atoms with Gasteiger partial charge >= 0.3 is 0 Å². The Morgan fingerprint density at radius 1 is 1.31 bits per heavy atom. The van der Waals surface area contributed by atoms with E-state index in [1.807, 2.05) is 0 Å². The van der Waals surface area contributed by atoms with Crippen LogP contribution < -0.4 is 5.32 Å². The molecule has 0 aromatic heterocycles. The van der Waals surface area contributed by atoms with Gasteiger partial charge in [-0.05, 0) is 52.2 Å². The summed E-state index contributed by atoms with van der Waals surface area (Å²) >= 11 is 0. The molecular formula is C11H22N2. The first-order valence-corrected chi connectivity index (χ1v) is 5.63. The summed E-state index contributed by atoms with van der Waals surface area (Å²) in [7, 11) is 4.39. The van der Waals surface area contributed by atoms with Crippen molar-refractivity contribution in [3.8, 4) is 0 Å².